The average Bonchev–Trinajstić information content (AvgIpc) is 4.14. The number of ether oxygens (including phenoxy) is 3. The van der Waals surface area contributed by atoms with Crippen molar-refractivity contribution in [2.75, 3.05) is 27.9 Å². The third kappa shape index (κ3) is 7.52. The van der Waals surface area contributed by atoms with Crippen molar-refractivity contribution in [3.8, 4) is 61.8 Å². The molecule has 2 aliphatic rings. The topological polar surface area (TPSA) is 151 Å². The molecule has 0 saturated heterocycles. The number of amides is 1. The molecule has 0 unspecified atom stereocenters. The second-order valence-corrected chi connectivity index (χ2v) is 14.4. The maximum atomic E-state index is 12.8. The number of nitrogens with zero attached hydrogens (tertiary/aromatic N) is 2. The Labute approximate surface area is 350 Å². The molecule has 11 nitrogen and oxygen atoms in total. The number of aliphatic carboxylic acids is 1. The summed E-state index contributed by atoms with van der Waals surface area (Å²) in [5.74, 6) is 0.519. The van der Waals surface area contributed by atoms with Gasteiger partial charge in [0.1, 0.15) is 23.8 Å². The van der Waals surface area contributed by atoms with E-state index in [1.165, 1.54) is 0 Å². The SMILES string of the molecule is COc1cccc(-c2c3nc(c(-c4cccc(OC)c4)c4ccc([nH]4)c(-c4cccc(OC)c4)c4nc(c(-c5ccc(C(=O)NCC(=O)O)cc5)c5ccc2[nH]5)C=C4)C=C3)c1. The first-order valence-electron chi connectivity index (χ1n) is 19.5. The molecule has 1 amide bonds. The summed E-state index contributed by atoms with van der Waals surface area (Å²) in [6, 6.07) is 39.0. The zero-order valence-corrected chi connectivity index (χ0v) is 33.4. The van der Waals surface area contributed by atoms with Gasteiger partial charge in [-0.25, -0.2) is 9.97 Å². The number of benzene rings is 4. The summed E-state index contributed by atoms with van der Waals surface area (Å²) in [4.78, 5) is 42.2. The summed E-state index contributed by atoms with van der Waals surface area (Å²) in [7, 11) is 4.95. The summed E-state index contributed by atoms with van der Waals surface area (Å²) in [6.45, 7) is -0.482. The van der Waals surface area contributed by atoms with E-state index in [2.05, 4.69) is 33.5 Å². The van der Waals surface area contributed by atoms with Crippen LogP contribution in [-0.2, 0) is 4.79 Å². The lowest BCUT2D eigenvalue weighted by Crippen LogP contribution is -2.29. The number of carbonyl (C=O) groups is 2. The molecular formula is C50H39N5O6. The van der Waals surface area contributed by atoms with Gasteiger partial charge in [-0.05, 0) is 119 Å². The lowest BCUT2D eigenvalue weighted by molar-refractivity contribution is -0.135. The van der Waals surface area contributed by atoms with Crippen LogP contribution in [0.25, 0.3) is 90.9 Å². The number of carbonyl (C=O) groups excluding carboxylic acids is 1. The molecule has 61 heavy (non-hydrogen) atoms. The number of hydrogen-bond acceptors (Lipinski definition) is 7. The molecule has 0 atom stereocenters. The van der Waals surface area contributed by atoms with Crippen LogP contribution in [0.4, 0.5) is 0 Å². The molecule has 4 N–H and O–H groups in total. The van der Waals surface area contributed by atoms with Crippen molar-refractivity contribution in [3.63, 3.8) is 0 Å². The number of carboxylic acid groups (broad SMARTS) is 1. The van der Waals surface area contributed by atoms with Crippen LogP contribution >= 0.6 is 0 Å². The van der Waals surface area contributed by atoms with Crippen molar-refractivity contribution < 1.29 is 28.9 Å². The van der Waals surface area contributed by atoms with E-state index in [4.69, 9.17) is 29.3 Å². The highest BCUT2D eigenvalue weighted by Gasteiger charge is 2.20. The van der Waals surface area contributed by atoms with Gasteiger partial charge in [-0.3, -0.25) is 9.59 Å². The van der Waals surface area contributed by atoms with Gasteiger partial charge in [0.25, 0.3) is 5.91 Å². The van der Waals surface area contributed by atoms with Gasteiger partial charge in [-0.15, -0.1) is 0 Å². The lowest BCUT2D eigenvalue weighted by atomic mass is 10.0. The zero-order valence-electron chi connectivity index (χ0n) is 33.4. The Morgan fingerprint density at radius 1 is 0.508 bits per heavy atom. The number of methoxy groups -OCH3 is 3. The van der Waals surface area contributed by atoms with Crippen LogP contribution in [0.3, 0.4) is 0 Å². The molecule has 2 aliphatic heterocycles. The van der Waals surface area contributed by atoms with Crippen molar-refractivity contribution in [1.29, 1.82) is 0 Å². The smallest absolute Gasteiger partial charge is 0.322 e. The number of aromatic nitrogens is 4. The van der Waals surface area contributed by atoms with Crippen molar-refractivity contribution in [2.45, 2.75) is 0 Å². The van der Waals surface area contributed by atoms with E-state index in [0.717, 1.165) is 89.4 Å². The van der Waals surface area contributed by atoms with Gasteiger partial charge in [0, 0.05) is 49.9 Å². The van der Waals surface area contributed by atoms with E-state index in [-0.39, 0.29) is 0 Å². The molecule has 0 saturated carbocycles. The predicted octanol–water partition coefficient (Wildman–Crippen LogP) is 10.2. The number of H-pyrrole nitrogens is 2. The third-order valence-corrected chi connectivity index (χ3v) is 10.7. The Kier molecular flexibility index (Phi) is 10.2. The number of aromatic amines is 2. The van der Waals surface area contributed by atoms with Crippen molar-refractivity contribution in [1.82, 2.24) is 25.3 Å². The minimum absolute atomic E-state index is 0.329. The summed E-state index contributed by atoms with van der Waals surface area (Å²) < 4.78 is 17.0. The van der Waals surface area contributed by atoms with E-state index in [1.807, 2.05) is 115 Å². The Morgan fingerprint density at radius 2 is 0.869 bits per heavy atom. The molecule has 4 aromatic carbocycles. The van der Waals surface area contributed by atoms with Crippen LogP contribution in [0.1, 0.15) is 33.1 Å². The lowest BCUT2D eigenvalue weighted by Gasteiger charge is -2.09. The monoisotopic (exact) mass is 805 g/mol. The summed E-state index contributed by atoms with van der Waals surface area (Å²) in [5.41, 5.74) is 13.4. The van der Waals surface area contributed by atoms with Gasteiger partial charge in [0.15, 0.2) is 0 Å². The number of fused-ring (bicyclic) bond motifs is 8. The second kappa shape index (κ2) is 16.2. The highest BCUT2D eigenvalue weighted by Crippen LogP contribution is 2.39. The van der Waals surface area contributed by atoms with Crippen LogP contribution < -0.4 is 19.5 Å². The molecule has 3 aromatic heterocycles. The van der Waals surface area contributed by atoms with E-state index < -0.39 is 18.4 Å². The highest BCUT2D eigenvalue weighted by molar-refractivity contribution is 6.01. The Morgan fingerprint density at radius 3 is 1.21 bits per heavy atom. The largest absolute Gasteiger partial charge is 0.497 e. The molecule has 8 bridgehead atoms. The van der Waals surface area contributed by atoms with Crippen LogP contribution in [0.5, 0.6) is 17.2 Å². The number of carboxylic acids is 1. The molecule has 7 aromatic rings. The van der Waals surface area contributed by atoms with Crippen LogP contribution in [0.2, 0.25) is 0 Å². The maximum Gasteiger partial charge on any atom is 0.322 e. The fourth-order valence-electron chi connectivity index (χ4n) is 7.80. The van der Waals surface area contributed by atoms with Crippen molar-refractivity contribution >= 4 is 58.2 Å². The molecule has 5 heterocycles. The number of nitrogens with one attached hydrogen (secondary N) is 3. The Balaban J connectivity index is 1.40. The minimum atomic E-state index is -1.12. The van der Waals surface area contributed by atoms with E-state index in [9.17, 15) is 9.59 Å². The van der Waals surface area contributed by atoms with Crippen LogP contribution in [-0.4, -0.2) is 64.8 Å². The molecule has 11 heteroatoms. The van der Waals surface area contributed by atoms with Crippen LogP contribution in [0, 0.1) is 0 Å². The molecule has 0 fully saturated rings. The average molecular weight is 806 g/mol. The summed E-state index contributed by atoms with van der Waals surface area (Å²) in [5, 5.41) is 11.6. The highest BCUT2D eigenvalue weighted by atomic mass is 16.5. The zero-order chi connectivity index (χ0) is 42.0. The second-order valence-electron chi connectivity index (χ2n) is 14.4. The molecule has 0 spiro atoms. The molecule has 300 valence electrons. The normalized spacial score (nSPS) is 11.7. The maximum absolute atomic E-state index is 12.8. The fourth-order valence-corrected chi connectivity index (χ4v) is 7.80. The summed E-state index contributed by atoms with van der Waals surface area (Å²) in [6.07, 6.45) is 8.07. The fraction of sp³-hybridized carbons (Fsp3) is 0.0800. The Hall–Kier alpha value is -8.18. The quantitative estimate of drug-likeness (QED) is 0.107. The van der Waals surface area contributed by atoms with E-state index in [0.29, 0.717) is 22.8 Å². The van der Waals surface area contributed by atoms with Gasteiger partial charge in [-0.2, -0.15) is 0 Å². The van der Waals surface area contributed by atoms with Gasteiger partial charge < -0.3 is 34.6 Å². The standard InChI is InChI=1S/C50H39N5O6/c1-59-34-10-4-7-31(25-34)47-39-19-17-37(52-39)46(29-13-15-30(16-14-29)50(58)51-28-45(56)57)38-18-20-40(53-38)48(32-8-5-11-35(26-32)60-2)42-22-24-44(55-42)49(43-23-21-41(47)54-43)33-9-6-12-36(27-33)61-3/h4-27,52,55H,28H2,1-3H3,(H,51,58)(H,56,57). The molecule has 0 aliphatic carbocycles. The number of hydrogen-bond donors (Lipinski definition) is 4. The van der Waals surface area contributed by atoms with Gasteiger partial charge >= 0.3 is 5.97 Å². The molecule has 9 rings (SSSR count). The van der Waals surface area contributed by atoms with Crippen molar-refractivity contribution in [3.05, 3.63) is 150 Å². The predicted molar refractivity (Wildman–Crippen MR) is 240 cm³/mol. The molecule has 0 radical (unpaired) electrons. The van der Waals surface area contributed by atoms with Gasteiger partial charge in [0.2, 0.25) is 0 Å². The van der Waals surface area contributed by atoms with E-state index in [1.54, 1.807) is 33.5 Å². The first-order chi connectivity index (χ1) is 29.8. The first kappa shape index (κ1) is 38.3. The third-order valence-electron chi connectivity index (χ3n) is 10.7. The summed E-state index contributed by atoms with van der Waals surface area (Å²) >= 11 is 0. The minimum Gasteiger partial charge on any atom is -0.497 e. The van der Waals surface area contributed by atoms with Gasteiger partial charge in [-0.1, -0.05) is 48.5 Å². The van der Waals surface area contributed by atoms with Crippen LogP contribution in [0.15, 0.2) is 121 Å². The van der Waals surface area contributed by atoms with Crippen molar-refractivity contribution in [2.24, 2.45) is 0 Å². The number of rotatable bonds is 10. The van der Waals surface area contributed by atoms with Gasteiger partial charge in [0.05, 0.1) is 44.1 Å². The Bertz CT molecular complexity index is 3060. The van der Waals surface area contributed by atoms with E-state index >= 15 is 0 Å². The molecular weight excluding hydrogens is 767 g/mol. The first-order valence-corrected chi connectivity index (χ1v) is 19.5.